The van der Waals surface area contributed by atoms with E-state index >= 15 is 0 Å². The summed E-state index contributed by atoms with van der Waals surface area (Å²) in [6.45, 7) is 5.38. The summed E-state index contributed by atoms with van der Waals surface area (Å²) in [6.07, 6.45) is 2.03. The first-order valence-electron chi connectivity index (χ1n) is 7.96. The molecule has 0 aromatic heterocycles. The molecule has 2 aliphatic rings. The number of primary amides is 1. The van der Waals surface area contributed by atoms with Gasteiger partial charge in [-0.15, -0.1) is 0 Å². The number of likely N-dealkylation sites (tertiary alicyclic amines) is 1. The summed E-state index contributed by atoms with van der Waals surface area (Å²) in [7, 11) is 0. The van der Waals surface area contributed by atoms with Crippen LogP contribution in [0.3, 0.4) is 0 Å². The molecule has 2 aliphatic heterocycles. The van der Waals surface area contributed by atoms with Crippen molar-refractivity contribution in [2.75, 3.05) is 45.9 Å². The number of ether oxygens (including phenoxy) is 1. The largest absolute Gasteiger partial charge is 0.385 e. The molecule has 0 saturated carbocycles. The van der Waals surface area contributed by atoms with Gasteiger partial charge in [-0.2, -0.15) is 0 Å². The lowest BCUT2D eigenvalue weighted by Gasteiger charge is -2.33. The highest BCUT2D eigenvalue weighted by Crippen LogP contribution is 2.18. The lowest BCUT2D eigenvalue weighted by Crippen LogP contribution is -2.51. The fourth-order valence-corrected chi connectivity index (χ4v) is 3.07. The molecule has 0 radical (unpaired) electrons. The van der Waals surface area contributed by atoms with Crippen molar-refractivity contribution < 1.29 is 19.4 Å². The highest BCUT2D eigenvalue weighted by Gasteiger charge is 2.36. The van der Waals surface area contributed by atoms with E-state index in [1.807, 2.05) is 0 Å². The molecule has 2 fully saturated rings. The number of nitrogens with zero attached hydrogens (tertiary/aromatic N) is 2. The first-order valence-corrected chi connectivity index (χ1v) is 7.96. The quantitative estimate of drug-likeness (QED) is 0.707. The van der Waals surface area contributed by atoms with Gasteiger partial charge in [-0.1, -0.05) is 6.92 Å². The van der Waals surface area contributed by atoms with Crippen LogP contribution < -0.4 is 5.73 Å². The molecule has 7 heteroatoms. The highest BCUT2D eigenvalue weighted by atomic mass is 16.5. The molecule has 3 N–H and O–H groups in total. The van der Waals surface area contributed by atoms with E-state index in [-0.39, 0.29) is 25.5 Å². The van der Waals surface area contributed by atoms with E-state index in [9.17, 15) is 14.7 Å². The Bertz CT molecular complexity index is 410. The van der Waals surface area contributed by atoms with Crippen LogP contribution in [-0.4, -0.2) is 78.3 Å². The third-order valence-corrected chi connectivity index (χ3v) is 4.45. The third kappa shape index (κ3) is 4.93. The standard InChI is InChI=1S/C15H27N3O4/c1-12-2-4-17(5-3-12)9-14(20)18-6-7-22-11-15(21,10-18)8-13(16)19/h12,21H,2-11H2,1H3,(H2,16,19)/t15-/m1/s1. The Hall–Kier alpha value is -1.18. The maximum atomic E-state index is 12.5. The van der Waals surface area contributed by atoms with Crippen molar-refractivity contribution >= 4 is 11.8 Å². The zero-order valence-corrected chi connectivity index (χ0v) is 13.3. The molecular weight excluding hydrogens is 286 g/mol. The molecule has 7 nitrogen and oxygen atoms in total. The zero-order chi connectivity index (χ0) is 16.2. The third-order valence-electron chi connectivity index (χ3n) is 4.45. The molecule has 0 unspecified atom stereocenters. The second kappa shape index (κ2) is 7.39. The second-order valence-corrected chi connectivity index (χ2v) is 6.69. The van der Waals surface area contributed by atoms with Crippen LogP contribution in [0.1, 0.15) is 26.2 Å². The monoisotopic (exact) mass is 313 g/mol. The Morgan fingerprint density at radius 2 is 2.00 bits per heavy atom. The number of carbonyl (C=O) groups is 2. The average Bonchev–Trinajstić information content (AvgIpc) is 2.62. The number of carbonyl (C=O) groups excluding carboxylic acids is 2. The predicted molar refractivity (Wildman–Crippen MR) is 81.0 cm³/mol. The van der Waals surface area contributed by atoms with Gasteiger partial charge in [0.25, 0.3) is 0 Å². The molecule has 0 aromatic rings. The van der Waals surface area contributed by atoms with Crippen molar-refractivity contribution in [2.24, 2.45) is 11.7 Å². The van der Waals surface area contributed by atoms with Gasteiger partial charge in [0.05, 0.1) is 32.7 Å². The SMILES string of the molecule is CC1CCN(CC(=O)N2CCOC[C@@](O)(CC(N)=O)C2)CC1. The van der Waals surface area contributed by atoms with E-state index < -0.39 is 11.5 Å². The normalized spacial score (nSPS) is 28.4. The summed E-state index contributed by atoms with van der Waals surface area (Å²) >= 11 is 0. The van der Waals surface area contributed by atoms with Crippen LogP contribution in [0.15, 0.2) is 0 Å². The van der Waals surface area contributed by atoms with Crippen LogP contribution in [0.4, 0.5) is 0 Å². The lowest BCUT2D eigenvalue weighted by atomic mass is 9.99. The van der Waals surface area contributed by atoms with Crippen molar-refractivity contribution in [1.29, 1.82) is 0 Å². The van der Waals surface area contributed by atoms with Crippen LogP contribution in [0.2, 0.25) is 0 Å². The topological polar surface area (TPSA) is 96.1 Å². The fourth-order valence-electron chi connectivity index (χ4n) is 3.07. The number of hydrogen-bond donors (Lipinski definition) is 2. The van der Waals surface area contributed by atoms with Gasteiger partial charge < -0.3 is 20.5 Å². The number of aliphatic hydroxyl groups is 1. The Labute approximate surface area is 131 Å². The van der Waals surface area contributed by atoms with Gasteiger partial charge in [0.15, 0.2) is 0 Å². The molecule has 0 bridgehead atoms. The number of amides is 2. The maximum Gasteiger partial charge on any atom is 0.236 e. The predicted octanol–water partition coefficient (Wildman–Crippen LogP) is -0.816. The number of nitrogens with two attached hydrogens (primary N) is 1. The minimum atomic E-state index is -1.38. The summed E-state index contributed by atoms with van der Waals surface area (Å²) in [5.74, 6) is 0.104. The molecule has 2 saturated heterocycles. The van der Waals surface area contributed by atoms with E-state index in [2.05, 4.69) is 11.8 Å². The van der Waals surface area contributed by atoms with Gasteiger partial charge in [-0.25, -0.2) is 0 Å². The van der Waals surface area contributed by atoms with E-state index in [1.54, 1.807) is 4.90 Å². The maximum absolute atomic E-state index is 12.5. The van der Waals surface area contributed by atoms with Crippen molar-refractivity contribution in [3.63, 3.8) is 0 Å². The molecule has 2 amide bonds. The summed E-state index contributed by atoms with van der Waals surface area (Å²) in [5, 5.41) is 10.4. The smallest absolute Gasteiger partial charge is 0.236 e. The van der Waals surface area contributed by atoms with Crippen molar-refractivity contribution in [2.45, 2.75) is 31.8 Å². The minimum absolute atomic E-state index is 0.0250. The number of rotatable bonds is 4. The molecule has 1 atom stereocenters. The summed E-state index contributed by atoms with van der Waals surface area (Å²) in [6, 6.07) is 0. The van der Waals surface area contributed by atoms with E-state index in [0.29, 0.717) is 19.7 Å². The average molecular weight is 313 g/mol. The highest BCUT2D eigenvalue weighted by molar-refractivity contribution is 5.79. The van der Waals surface area contributed by atoms with Crippen LogP contribution in [0.5, 0.6) is 0 Å². The Kier molecular flexibility index (Phi) is 5.77. The van der Waals surface area contributed by atoms with E-state index in [1.165, 1.54) is 0 Å². The molecule has 22 heavy (non-hydrogen) atoms. The first kappa shape index (κ1) is 17.2. The first-order chi connectivity index (χ1) is 10.4. The lowest BCUT2D eigenvalue weighted by molar-refractivity contribution is -0.138. The van der Waals surface area contributed by atoms with E-state index in [0.717, 1.165) is 31.8 Å². The van der Waals surface area contributed by atoms with Crippen LogP contribution in [-0.2, 0) is 14.3 Å². The van der Waals surface area contributed by atoms with Crippen LogP contribution in [0, 0.1) is 5.92 Å². The summed E-state index contributed by atoms with van der Waals surface area (Å²) in [5.41, 5.74) is 3.80. The van der Waals surface area contributed by atoms with Gasteiger partial charge in [0.1, 0.15) is 5.60 Å². The second-order valence-electron chi connectivity index (χ2n) is 6.69. The minimum Gasteiger partial charge on any atom is -0.385 e. The summed E-state index contributed by atoms with van der Waals surface area (Å²) < 4.78 is 5.33. The van der Waals surface area contributed by atoms with Gasteiger partial charge in [0.2, 0.25) is 11.8 Å². The van der Waals surface area contributed by atoms with Gasteiger partial charge >= 0.3 is 0 Å². The molecule has 0 spiro atoms. The molecule has 0 aromatic carbocycles. The Morgan fingerprint density at radius 3 is 2.64 bits per heavy atom. The molecule has 0 aliphatic carbocycles. The van der Waals surface area contributed by atoms with Crippen LogP contribution >= 0.6 is 0 Å². The fraction of sp³-hybridized carbons (Fsp3) is 0.867. The van der Waals surface area contributed by atoms with Crippen molar-refractivity contribution in [3.05, 3.63) is 0 Å². The summed E-state index contributed by atoms with van der Waals surface area (Å²) in [4.78, 5) is 27.3. The molecule has 126 valence electrons. The van der Waals surface area contributed by atoms with Crippen molar-refractivity contribution in [3.8, 4) is 0 Å². The Morgan fingerprint density at radius 1 is 1.32 bits per heavy atom. The molecule has 2 heterocycles. The van der Waals surface area contributed by atoms with Crippen LogP contribution in [0.25, 0.3) is 0 Å². The van der Waals surface area contributed by atoms with Gasteiger partial charge in [-0.3, -0.25) is 14.5 Å². The number of β-amino-alcohol motifs (C(OH)–C–C–N with tert-alkyl or cyclic N) is 1. The van der Waals surface area contributed by atoms with Gasteiger partial charge in [0, 0.05) is 6.54 Å². The number of hydrogen-bond acceptors (Lipinski definition) is 5. The Balaban J connectivity index is 1.91. The van der Waals surface area contributed by atoms with E-state index in [4.69, 9.17) is 10.5 Å². The molecule has 2 rings (SSSR count). The molecular formula is C15H27N3O4. The zero-order valence-electron chi connectivity index (χ0n) is 13.3. The van der Waals surface area contributed by atoms with Gasteiger partial charge in [-0.05, 0) is 31.8 Å². The van der Waals surface area contributed by atoms with Crippen molar-refractivity contribution in [1.82, 2.24) is 9.80 Å². The number of piperidine rings is 1.